The van der Waals surface area contributed by atoms with Gasteiger partial charge in [-0.25, -0.2) is 4.98 Å². The number of nitriles is 1. The van der Waals surface area contributed by atoms with Crippen LogP contribution in [-0.4, -0.2) is 18.3 Å². The number of nitrogens with zero attached hydrogens (tertiary/aromatic N) is 3. The van der Waals surface area contributed by atoms with Crippen LogP contribution in [0.1, 0.15) is 27.9 Å². The molecule has 1 heterocycles. The molecule has 0 saturated carbocycles. The highest BCUT2D eigenvalue weighted by Crippen LogP contribution is 2.30. The highest BCUT2D eigenvalue weighted by molar-refractivity contribution is 14.1. The Balaban J connectivity index is 1.74. The Hall–Kier alpha value is -1.65. The van der Waals surface area contributed by atoms with E-state index in [1.165, 1.54) is 0 Å². The van der Waals surface area contributed by atoms with E-state index in [0.717, 1.165) is 35.3 Å². The van der Waals surface area contributed by atoms with Crippen LogP contribution in [0.2, 0.25) is 10.0 Å². The molecule has 0 fully saturated rings. The minimum atomic E-state index is 0.324. The largest absolute Gasteiger partial charge is 0.487 e. The van der Waals surface area contributed by atoms with Crippen molar-refractivity contribution < 1.29 is 9.47 Å². The Bertz CT molecular complexity index is 1220. The first-order valence-corrected chi connectivity index (χ1v) is 12.5. The normalized spacial score (nSPS) is 10.9. The molecule has 0 amide bonds. The Kier molecular flexibility index (Phi) is 9.57. The average Bonchev–Trinajstić information content (AvgIpc) is 2.76. The lowest BCUT2D eigenvalue weighted by molar-refractivity contribution is 0.184. The maximum absolute atomic E-state index is 9.53. The topological polar surface area (TPSA) is 79.5 Å². The van der Waals surface area contributed by atoms with Crippen molar-refractivity contribution in [3.8, 4) is 11.8 Å². The monoisotopic (exact) mass is 706 g/mol. The van der Waals surface area contributed by atoms with Gasteiger partial charge in [0.05, 0.1) is 30.0 Å². The number of hydrogen-bond acceptors (Lipinski definition) is 6. The molecule has 33 heavy (non-hydrogen) atoms. The van der Waals surface area contributed by atoms with Crippen molar-refractivity contribution in [2.45, 2.75) is 20.1 Å². The predicted octanol–water partition coefficient (Wildman–Crippen LogP) is 6.95. The molecule has 0 aliphatic rings. The summed E-state index contributed by atoms with van der Waals surface area (Å²) in [5.74, 6) is 1.18. The molecule has 6 nitrogen and oxygen atoms in total. The summed E-state index contributed by atoms with van der Waals surface area (Å²) in [5.41, 5.74) is 6.63. The number of benzene rings is 2. The number of hydrogen-bond donors (Lipinski definition) is 1. The fourth-order valence-corrected chi connectivity index (χ4v) is 5.41. The van der Waals surface area contributed by atoms with Gasteiger partial charge in [-0.2, -0.15) is 10.4 Å². The molecular weight excluding hydrogens is 689 g/mol. The van der Waals surface area contributed by atoms with Crippen LogP contribution in [0.3, 0.4) is 0 Å². The summed E-state index contributed by atoms with van der Waals surface area (Å²) in [4.78, 5) is 4.39. The Morgan fingerprint density at radius 3 is 2.48 bits per heavy atom. The van der Waals surface area contributed by atoms with Crippen LogP contribution in [0.25, 0.3) is 0 Å². The summed E-state index contributed by atoms with van der Waals surface area (Å²) < 4.78 is 13.1. The predicted molar refractivity (Wildman–Crippen MR) is 148 cm³/mol. The summed E-state index contributed by atoms with van der Waals surface area (Å²) >= 11 is 16.5. The van der Waals surface area contributed by atoms with Crippen LogP contribution in [0.4, 0.5) is 5.82 Å². The molecule has 0 unspecified atom stereocenters. The number of aromatic nitrogens is 1. The Morgan fingerprint density at radius 2 is 1.85 bits per heavy atom. The van der Waals surface area contributed by atoms with E-state index in [0.29, 0.717) is 34.6 Å². The van der Waals surface area contributed by atoms with Gasteiger partial charge < -0.3 is 9.47 Å². The SMILES string of the molecule is COCc1cc(C)nc(N/N=C/c2cc(I)c(OCc3ccc(Cl)c(Cl)c3)c(I)c2)c1C#N. The van der Waals surface area contributed by atoms with Crippen LogP contribution < -0.4 is 10.2 Å². The number of hydrazone groups is 1. The average molecular weight is 707 g/mol. The third kappa shape index (κ3) is 6.93. The van der Waals surface area contributed by atoms with Crippen LogP contribution in [0.15, 0.2) is 41.5 Å². The van der Waals surface area contributed by atoms with Gasteiger partial charge in [0.1, 0.15) is 24.0 Å². The third-order valence-corrected chi connectivity index (χ3v) is 6.75. The van der Waals surface area contributed by atoms with Crippen LogP contribution in [-0.2, 0) is 18.0 Å². The standard InChI is InChI=1S/C23H18Cl2I2N4O2/c1-13-5-16(12-32-2)17(9-28)23(30-13)31-29-10-15-7-20(26)22(21(27)8-15)33-11-14-3-4-18(24)19(25)6-14/h3-8,10H,11-12H2,1-2H3,(H,30,31)/b29-10+. The highest BCUT2D eigenvalue weighted by atomic mass is 127. The summed E-state index contributed by atoms with van der Waals surface area (Å²) in [7, 11) is 1.59. The molecule has 0 aliphatic heterocycles. The first-order valence-electron chi connectivity index (χ1n) is 9.56. The lowest BCUT2D eigenvalue weighted by atomic mass is 10.1. The summed E-state index contributed by atoms with van der Waals surface area (Å²) in [5, 5.41) is 14.8. The van der Waals surface area contributed by atoms with Crippen molar-refractivity contribution in [2.24, 2.45) is 5.10 Å². The van der Waals surface area contributed by atoms with Crippen LogP contribution in [0, 0.1) is 25.4 Å². The van der Waals surface area contributed by atoms with E-state index in [9.17, 15) is 5.26 Å². The second-order valence-corrected chi connectivity index (χ2v) is 10.1. The molecule has 0 atom stereocenters. The highest BCUT2D eigenvalue weighted by Gasteiger charge is 2.12. The number of halogens is 4. The fourth-order valence-electron chi connectivity index (χ4n) is 2.96. The molecular formula is C23H18Cl2I2N4O2. The molecule has 170 valence electrons. The number of aryl methyl sites for hydroxylation is 1. The van der Waals surface area contributed by atoms with Gasteiger partial charge in [-0.1, -0.05) is 29.3 Å². The lowest BCUT2D eigenvalue weighted by Crippen LogP contribution is -2.04. The van der Waals surface area contributed by atoms with Gasteiger partial charge in [0, 0.05) is 18.4 Å². The minimum Gasteiger partial charge on any atom is -0.487 e. The van der Waals surface area contributed by atoms with Gasteiger partial charge in [0.15, 0.2) is 5.82 Å². The van der Waals surface area contributed by atoms with Crippen LogP contribution in [0.5, 0.6) is 5.75 Å². The van der Waals surface area contributed by atoms with Gasteiger partial charge in [0.25, 0.3) is 0 Å². The van der Waals surface area contributed by atoms with E-state index in [-0.39, 0.29) is 0 Å². The van der Waals surface area contributed by atoms with Gasteiger partial charge in [-0.3, -0.25) is 5.43 Å². The van der Waals surface area contributed by atoms with E-state index in [2.05, 4.69) is 66.8 Å². The summed E-state index contributed by atoms with van der Waals surface area (Å²) in [6.45, 7) is 2.55. The molecule has 1 aromatic heterocycles. The number of anilines is 1. The molecule has 2 aromatic carbocycles. The fraction of sp³-hybridized carbons (Fsp3) is 0.174. The van der Waals surface area contributed by atoms with Crippen molar-refractivity contribution in [1.29, 1.82) is 5.26 Å². The third-order valence-electron chi connectivity index (χ3n) is 4.41. The maximum atomic E-state index is 9.53. The first kappa shape index (κ1) is 26.0. The molecule has 0 aliphatic carbocycles. The zero-order chi connectivity index (χ0) is 24.0. The van der Waals surface area contributed by atoms with E-state index >= 15 is 0 Å². The quantitative estimate of drug-likeness (QED) is 0.156. The number of pyridine rings is 1. The zero-order valence-corrected chi connectivity index (χ0v) is 23.5. The molecule has 0 radical (unpaired) electrons. The Morgan fingerprint density at radius 1 is 1.12 bits per heavy atom. The summed E-state index contributed by atoms with van der Waals surface area (Å²) in [6, 6.07) is 13.4. The molecule has 0 bridgehead atoms. The number of methoxy groups -OCH3 is 1. The molecule has 0 spiro atoms. The van der Waals surface area contributed by atoms with Crippen molar-refractivity contribution in [2.75, 3.05) is 12.5 Å². The molecule has 10 heteroatoms. The second-order valence-electron chi connectivity index (χ2n) is 6.91. The van der Waals surface area contributed by atoms with Crippen molar-refractivity contribution >= 4 is 80.4 Å². The minimum absolute atomic E-state index is 0.324. The van der Waals surface area contributed by atoms with E-state index < -0.39 is 0 Å². The summed E-state index contributed by atoms with van der Waals surface area (Å²) in [6.07, 6.45) is 1.67. The van der Waals surface area contributed by atoms with Crippen molar-refractivity contribution in [1.82, 2.24) is 4.98 Å². The van der Waals surface area contributed by atoms with E-state index in [1.54, 1.807) is 25.5 Å². The first-order chi connectivity index (χ1) is 15.8. The number of nitrogens with one attached hydrogen (secondary N) is 1. The molecule has 1 N–H and O–H groups in total. The Labute approximate surface area is 229 Å². The number of rotatable bonds is 8. The zero-order valence-electron chi connectivity index (χ0n) is 17.6. The van der Waals surface area contributed by atoms with Gasteiger partial charge in [-0.15, -0.1) is 0 Å². The maximum Gasteiger partial charge on any atom is 0.164 e. The van der Waals surface area contributed by atoms with E-state index in [4.69, 9.17) is 32.7 Å². The lowest BCUT2D eigenvalue weighted by Gasteiger charge is -2.12. The molecule has 3 aromatic rings. The van der Waals surface area contributed by atoms with Gasteiger partial charge in [0.2, 0.25) is 0 Å². The van der Waals surface area contributed by atoms with Crippen molar-refractivity contribution in [3.05, 3.63) is 81.5 Å². The van der Waals surface area contributed by atoms with Crippen molar-refractivity contribution in [3.63, 3.8) is 0 Å². The molecule has 3 rings (SSSR count). The van der Waals surface area contributed by atoms with Crippen LogP contribution >= 0.6 is 68.4 Å². The number of ether oxygens (including phenoxy) is 2. The second kappa shape index (κ2) is 12.2. The van der Waals surface area contributed by atoms with Gasteiger partial charge in [-0.05, 0) is 93.6 Å². The molecule has 0 saturated heterocycles. The van der Waals surface area contributed by atoms with Gasteiger partial charge >= 0.3 is 0 Å². The van der Waals surface area contributed by atoms with E-state index in [1.807, 2.05) is 31.2 Å². The smallest absolute Gasteiger partial charge is 0.164 e.